The van der Waals surface area contributed by atoms with Gasteiger partial charge in [0, 0.05) is 16.1 Å². The topological polar surface area (TPSA) is 104 Å². The lowest BCUT2D eigenvalue weighted by Gasteiger charge is -2.21. The molecule has 3 rings (SSSR count). The molecule has 2 aromatic rings. The summed E-state index contributed by atoms with van der Waals surface area (Å²) in [6.45, 7) is 3.50. The van der Waals surface area contributed by atoms with E-state index in [2.05, 4.69) is 15.4 Å². The molecular formula is C18H19N3O4S2. The highest BCUT2D eigenvalue weighted by molar-refractivity contribution is 8.01. The van der Waals surface area contributed by atoms with Crippen LogP contribution < -0.4 is 15.4 Å². The lowest BCUT2D eigenvalue weighted by atomic mass is 10.1. The molecule has 2 amide bonds. The molecule has 142 valence electrons. The lowest BCUT2D eigenvalue weighted by molar-refractivity contribution is -0.115. The Bertz CT molecular complexity index is 1030. The van der Waals surface area contributed by atoms with Crippen molar-refractivity contribution in [3.05, 3.63) is 47.5 Å². The molecule has 1 aliphatic rings. The fraction of sp³-hybridized carbons (Fsp3) is 0.222. The highest BCUT2D eigenvalue weighted by Crippen LogP contribution is 2.36. The second kappa shape index (κ2) is 7.34. The van der Waals surface area contributed by atoms with E-state index in [1.54, 1.807) is 37.3 Å². The maximum absolute atomic E-state index is 12.6. The smallest absolute Gasteiger partial charge is 0.255 e. The number of sulfonamides is 1. The number of hydrogen-bond acceptors (Lipinski definition) is 5. The van der Waals surface area contributed by atoms with Gasteiger partial charge in [0.25, 0.3) is 5.91 Å². The van der Waals surface area contributed by atoms with Gasteiger partial charge in [0.05, 0.1) is 15.8 Å². The number of nitrogens with one attached hydrogen (secondary N) is 3. The van der Waals surface area contributed by atoms with E-state index in [9.17, 15) is 18.0 Å². The molecule has 9 heteroatoms. The van der Waals surface area contributed by atoms with E-state index in [4.69, 9.17) is 0 Å². The number of aryl methyl sites for hydroxylation is 1. The zero-order chi connectivity index (χ0) is 19.8. The van der Waals surface area contributed by atoms with Crippen LogP contribution in [0.5, 0.6) is 0 Å². The number of benzene rings is 2. The van der Waals surface area contributed by atoms with E-state index in [0.29, 0.717) is 22.5 Å². The molecular weight excluding hydrogens is 386 g/mol. The molecule has 0 bridgehead atoms. The Morgan fingerprint density at radius 3 is 2.63 bits per heavy atom. The third kappa shape index (κ3) is 4.00. The zero-order valence-electron chi connectivity index (χ0n) is 15.0. The van der Waals surface area contributed by atoms with Gasteiger partial charge in [-0.1, -0.05) is 6.07 Å². The number of fused-ring (bicyclic) bond motifs is 1. The van der Waals surface area contributed by atoms with Crippen molar-refractivity contribution in [2.24, 2.45) is 0 Å². The van der Waals surface area contributed by atoms with Crippen LogP contribution >= 0.6 is 11.8 Å². The van der Waals surface area contributed by atoms with E-state index in [1.165, 1.54) is 24.9 Å². The first-order valence-corrected chi connectivity index (χ1v) is 10.5. The Hall–Kier alpha value is -2.36. The second-order valence-electron chi connectivity index (χ2n) is 6.10. The number of rotatable bonds is 4. The Labute approximate surface area is 162 Å². The van der Waals surface area contributed by atoms with Gasteiger partial charge in [-0.05, 0) is 56.8 Å². The van der Waals surface area contributed by atoms with Gasteiger partial charge in [-0.15, -0.1) is 11.8 Å². The van der Waals surface area contributed by atoms with Crippen molar-refractivity contribution < 1.29 is 18.0 Å². The first kappa shape index (κ1) is 19.4. The molecule has 27 heavy (non-hydrogen) atoms. The minimum Gasteiger partial charge on any atom is -0.324 e. The van der Waals surface area contributed by atoms with Gasteiger partial charge >= 0.3 is 0 Å². The monoisotopic (exact) mass is 405 g/mol. The number of carbonyl (C=O) groups excluding carboxylic acids is 2. The number of hydrogen-bond donors (Lipinski definition) is 3. The van der Waals surface area contributed by atoms with Crippen LogP contribution in [0, 0.1) is 6.92 Å². The van der Waals surface area contributed by atoms with Crippen molar-refractivity contribution in [3.63, 3.8) is 0 Å². The molecule has 0 aromatic heterocycles. The first-order valence-electron chi connectivity index (χ1n) is 8.18. The molecule has 3 N–H and O–H groups in total. The largest absolute Gasteiger partial charge is 0.324 e. The number of amides is 2. The van der Waals surface area contributed by atoms with Crippen molar-refractivity contribution in [3.8, 4) is 0 Å². The molecule has 0 spiro atoms. The molecule has 7 nitrogen and oxygen atoms in total. The van der Waals surface area contributed by atoms with E-state index >= 15 is 0 Å². The molecule has 1 unspecified atom stereocenters. The molecule has 0 saturated heterocycles. The van der Waals surface area contributed by atoms with Gasteiger partial charge in [0.2, 0.25) is 15.9 Å². The van der Waals surface area contributed by atoms with Crippen LogP contribution in [0.1, 0.15) is 22.8 Å². The Morgan fingerprint density at radius 1 is 1.19 bits per heavy atom. The summed E-state index contributed by atoms with van der Waals surface area (Å²) in [5.74, 6) is -0.502. The maximum atomic E-state index is 12.6. The Balaban J connectivity index is 1.85. The molecule has 0 radical (unpaired) electrons. The van der Waals surface area contributed by atoms with Gasteiger partial charge in [-0.2, -0.15) is 0 Å². The van der Waals surface area contributed by atoms with Crippen LogP contribution in [0.2, 0.25) is 0 Å². The number of thioether (sulfide) groups is 1. The van der Waals surface area contributed by atoms with Gasteiger partial charge < -0.3 is 10.6 Å². The second-order valence-corrected chi connectivity index (χ2v) is 9.34. The summed E-state index contributed by atoms with van der Waals surface area (Å²) >= 11 is 1.44. The fourth-order valence-corrected chi connectivity index (χ4v) is 4.55. The van der Waals surface area contributed by atoms with Crippen molar-refractivity contribution in [1.82, 2.24) is 4.72 Å². The molecule has 0 fully saturated rings. The quantitative estimate of drug-likeness (QED) is 0.725. The van der Waals surface area contributed by atoms with E-state index in [0.717, 1.165) is 4.90 Å². The van der Waals surface area contributed by atoms with Crippen LogP contribution in [0.25, 0.3) is 0 Å². The van der Waals surface area contributed by atoms with Crippen LogP contribution in [0.3, 0.4) is 0 Å². The molecule has 2 aromatic carbocycles. The minimum atomic E-state index is -3.63. The van der Waals surface area contributed by atoms with Crippen LogP contribution in [-0.2, 0) is 14.8 Å². The van der Waals surface area contributed by atoms with Gasteiger partial charge in [-0.3, -0.25) is 9.59 Å². The van der Waals surface area contributed by atoms with Gasteiger partial charge in [0.15, 0.2) is 0 Å². The van der Waals surface area contributed by atoms with Gasteiger partial charge in [-0.25, -0.2) is 13.1 Å². The highest BCUT2D eigenvalue weighted by Gasteiger charge is 2.24. The van der Waals surface area contributed by atoms with Crippen molar-refractivity contribution >= 4 is 45.0 Å². The van der Waals surface area contributed by atoms with Crippen LogP contribution in [-0.4, -0.2) is 32.5 Å². The van der Waals surface area contributed by atoms with E-state index in [-0.39, 0.29) is 16.1 Å². The first-order chi connectivity index (χ1) is 12.7. The summed E-state index contributed by atoms with van der Waals surface area (Å²) in [6.07, 6.45) is 0. The average Bonchev–Trinajstić information content (AvgIpc) is 2.63. The third-order valence-corrected chi connectivity index (χ3v) is 6.91. The van der Waals surface area contributed by atoms with E-state index in [1.807, 2.05) is 6.92 Å². The normalized spacial score (nSPS) is 16.4. The SMILES string of the molecule is CNS(=O)(=O)c1cc(NC(=O)c2ccc3c(c2)NC(=O)C(C)S3)ccc1C. The van der Waals surface area contributed by atoms with Crippen molar-refractivity contribution in [2.45, 2.75) is 28.9 Å². The summed E-state index contributed by atoms with van der Waals surface area (Å²) in [5.41, 5.74) is 1.90. The molecule has 1 heterocycles. The summed E-state index contributed by atoms with van der Waals surface area (Å²) in [7, 11) is -2.29. The Morgan fingerprint density at radius 2 is 1.93 bits per heavy atom. The van der Waals surface area contributed by atoms with Gasteiger partial charge in [0.1, 0.15) is 0 Å². The van der Waals surface area contributed by atoms with E-state index < -0.39 is 15.9 Å². The summed E-state index contributed by atoms with van der Waals surface area (Å²) in [6, 6.07) is 9.75. The molecule has 0 aliphatic carbocycles. The molecule has 0 saturated carbocycles. The third-order valence-electron chi connectivity index (χ3n) is 4.18. The zero-order valence-corrected chi connectivity index (χ0v) is 16.6. The average molecular weight is 406 g/mol. The Kier molecular flexibility index (Phi) is 5.27. The van der Waals surface area contributed by atoms with Crippen molar-refractivity contribution in [1.29, 1.82) is 0 Å². The summed E-state index contributed by atoms with van der Waals surface area (Å²) in [5, 5.41) is 5.30. The molecule has 1 atom stereocenters. The summed E-state index contributed by atoms with van der Waals surface area (Å²) in [4.78, 5) is 25.4. The fourth-order valence-electron chi connectivity index (χ4n) is 2.63. The minimum absolute atomic E-state index is 0.103. The highest BCUT2D eigenvalue weighted by atomic mass is 32.2. The van der Waals surface area contributed by atoms with Crippen molar-refractivity contribution in [2.75, 3.05) is 17.7 Å². The lowest BCUT2D eigenvalue weighted by Crippen LogP contribution is -2.26. The number of anilines is 2. The number of carbonyl (C=O) groups is 2. The molecule has 1 aliphatic heterocycles. The predicted molar refractivity (Wildman–Crippen MR) is 106 cm³/mol. The standard InChI is InChI=1S/C18H19N3O4S2/c1-10-4-6-13(9-16(10)27(24,25)19-3)20-18(23)12-5-7-15-14(8-12)21-17(22)11(2)26-15/h4-9,11,19H,1-3H3,(H,20,23)(H,21,22). The summed E-state index contributed by atoms with van der Waals surface area (Å²) < 4.78 is 26.4. The maximum Gasteiger partial charge on any atom is 0.255 e. The predicted octanol–water partition coefficient (Wildman–Crippen LogP) is 2.59. The van der Waals surface area contributed by atoms with Crippen LogP contribution in [0.15, 0.2) is 46.2 Å². The van der Waals surface area contributed by atoms with Crippen LogP contribution in [0.4, 0.5) is 11.4 Å².